The molecule has 3 aromatic rings. The Morgan fingerprint density at radius 2 is 2.11 bits per heavy atom. The van der Waals surface area contributed by atoms with Crippen LogP contribution in [0.25, 0.3) is 10.2 Å². The van der Waals surface area contributed by atoms with Crippen LogP contribution in [0.5, 0.6) is 5.75 Å². The molecular formula is C20H22N4O3S. The highest BCUT2D eigenvalue weighted by atomic mass is 32.1. The molecule has 2 heterocycles. The molecule has 1 aromatic heterocycles. The minimum atomic E-state index is -0.371. The van der Waals surface area contributed by atoms with Crippen LogP contribution in [0, 0.1) is 10.1 Å². The van der Waals surface area contributed by atoms with Crippen LogP contribution in [0.4, 0.5) is 10.8 Å². The molecule has 146 valence electrons. The van der Waals surface area contributed by atoms with Gasteiger partial charge in [0.05, 0.1) is 22.2 Å². The Hall–Kier alpha value is -2.71. The van der Waals surface area contributed by atoms with E-state index in [0.29, 0.717) is 6.04 Å². The first-order valence-electron chi connectivity index (χ1n) is 9.27. The van der Waals surface area contributed by atoms with E-state index in [-0.39, 0.29) is 10.6 Å². The SMILES string of the molecule is COc1cccc(CN2CCC(Nc3nc4ccc([N+](=O)[O-])cc4s3)CC2)c1. The number of nitro benzene ring substituents is 1. The number of benzene rings is 2. The number of hydrogen-bond donors (Lipinski definition) is 1. The molecule has 0 amide bonds. The summed E-state index contributed by atoms with van der Waals surface area (Å²) in [5, 5.41) is 15.3. The lowest BCUT2D eigenvalue weighted by molar-refractivity contribution is -0.384. The molecule has 28 heavy (non-hydrogen) atoms. The van der Waals surface area contributed by atoms with Crippen LogP contribution in [-0.2, 0) is 6.54 Å². The number of fused-ring (bicyclic) bond motifs is 1. The van der Waals surface area contributed by atoms with E-state index < -0.39 is 0 Å². The first-order valence-corrected chi connectivity index (χ1v) is 10.1. The van der Waals surface area contributed by atoms with Crippen molar-refractivity contribution in [3.05, 3.63) is 58.1 Å². The lowest BCUT2D eigenvalue weighted by Crippen LogP contribution is -2.38. The van der Waals surface area contributed by atoms with Crippen LogP contribution in [-0.4, -0.2) is 41.0 Å². The van der Waals surface area contributed by atoms with E-state index >= 15 is 0 Å². The summed E-state index contributed by atoms with van der Waals surface area (Å²) in [6, 6.07) is 13.4. The molecule has 1 N–H and O–H groups in total. The van der Waals surface area contributed by atoms with Gasteiger partial charge in [-0.05, 0) is 36.6 Å². The van der Waals surface area contributed by atoms with Crippen molar-refractivity contribution in [2.75, 3.05) is 25.5 Å². The molecule has 0 spiro atoms. The molecule has 1 aliphatic heterocycles. The molecule has 0 bridgehead atoms. The molecule has 8 heteroatoms. The van der Waals surface area contributed by atoms with Crippen molar-refractivity contribution in [3.63, 3.8) is 0 Å². The Labute approximate surface area is 167 Å². The summed E-state index contributed by atoms with van der Waals surface area (Å²) in [5.41, 5.74) is 2.17. The number of piperidine rings is 1. The average Bonchev–Trinajstić information content (AvgIpc) is 3.11. The maximum atomic E-state index is 10.9. The van der Waals surface area contributed by atoms with Crippen molar-refractivity contribution in [1.29, 1.82) is 0 Å². The predicted octanol–water partition coefficient (Wildman–Crippen LogP) is 4.29. The second kappa shape index (κ2) is 8.12. The first-order chi connectivity index (χ1) is 13.6. The van der Waals surface area contributed by atoms with Crippen LogP contribution in [0.2, 0.25) is 0 Å². The number of anilines is 1. The molecule has 1 fully saturated rings. The van der Waals surface area contributed by atoms with E-state index in [9.17, 15) is 10.1 Å². The summed E-state index contributed by atoms with van der Waals surface area (Å²) in [4.78, 5) is 17.6. The Morgan fingerprint density at radius 3 is 2.86 bits per heavy atom. The predicted molar refractivity (Wildman–Crippen MR) is 111 cm³/mol. The molecule has 0 radical (unpaired) electrons. The van der Waals surface area contributed by atoms with Gasteiger partial charge >= 0.3 is 0 Å². The number of non-ortho nitro benzene ring substituents is 1. The number of nitrogens with one attached hydrogen (secondary N) is 1. The van der Waals surface area contributed by atoms with Gasteiger partial charge in [-0.3, -0.25) is 15.0 Å². The molecule has 0 saturated carbocycles. The monoisotopic (exact) mass is 398 g/mol. The van der Waals surface area contributed by atoms with Gasteiger partial charge in [-0.25, -0.2) is 4.98 Å². The Kier molecular flexibility index (Phi) is 5.40. The number of nitrogens with zero attached hydrogens (tertiary/aromatic N) is 3. The van der Waals surface area contributed by atoms with Crippen molar-refractivity contribution in [2.45, 2.75) is 25.4 Å². The Balaban J connectivity index is 1.34. The quantitative estimate of drug-likeness (QED) is 0.493. The second-order valence-electron chi connectivity index (χ2n) is 6.97. The van der Waals surface area contributed by atoms with E-state index in [4.69, 9.17) is 4.74 Å². The second-order valence-corrected chi connectivity index (χ2v) is 8.01. The summed E-state index contributed by atoms with van der Waals surface area (Å²) in [5.74, 6) is 0.894. The summed E-state index contributed by atoms with van der Waals surface area (Å²) in [6.07, 6.45) is 2.08. The zero-order chi connectivity index (χ0) is 19.5. The number of thiazole rings is 1. The van der Waals surface area contributed by atoms with E-state index in [1.165, 1.54) is 23.0 Å². The molecule has 0 atom stereocenters. The van der Waals surface area contributed by atoms with Gasteiger partial charge in [0.25, 0.3) is 5.69 Å². The average molecular weight is 398 g/mol. The minimum Gasteiger partial charge on any atom is -0.497 e. The van der Waals surface area contributed by atoms with E-state index in [1.807, 2.05) is 12.1 Å². The molecule has 2 aromatic carbocycles. The van der Waals surface area contributed by atoms with E-state index in [2.05, 4.69) is 27.3 Å². The third kappa shape index (κ3) is 4.23. The Bertz CT molecular complexity index is 982. The lowest BCUT2D eigenvalue weighted by atomic mass is 10.0. The molecule has 7 nitrogen and oxygen atoms in total. The van der Waals surface area contributed by atoms with Crippen LogP contribution < -0.4 is 10.1 Å². The third-order valence-corrected chi connectivity index (χ3v) is 5.99. The zero-order valence-corrected chi connectivity index (χ0v) is 16.4. The lowest BCUT2D eigenvalue weighted by Gasteiger charge is -2.32. The normalized spacial score (nSPS) is 15.6. The van der Waals surface area contributed by atoms with Gasteiger partial charge in [-0.2, -0.15) is 0 Å². The van der Waals surface area contributed by atoms with Gasteiger partial charge in [-0.1, -0.05) is 23.5 Å². The highest BCUT2D eigenvalue weighted by Gasteiger charge is 2.20. The van der Waals surface area contributed by atoms with Crippen molar-refractivity contribution in [2.24, 2.45) is 0 Å². The first kappa shape index (κ1) is 18.6. The molecule has 0 unspecified atom stereocenters. The van der Waals surface area contributed by atoms with E-state index in [1.54, 1.807) is 19.2 Å². The van der Waals surface area contributed by atoms with Gasteiger partial charge < -0.3 is 10.1 Å². The van der Waals surface area contributed by atoms with Crippen molar-refractivity contribution >= 4 is 32.4 Å². The minimum absolute atomic E-state index is 0.105. The van der Waals surface area contributed by atoms with Gasteiger partial charge in [0.1, 0.15) is 5.75 Å². The van der Waals surface area contributed by atoms with E-state index in [0.717, 1.165) is 53.6 Å². The molecule has 1 aliphatic rings. The largest absolute Gasteiger partial charge is 0.497 e. The van der Waals surface area contributed by atoms with Gasteiger partial charge in [-0.15, -0.1) is 0 Å². The molecule has 1 saturated heterocycles. The summed E-state index contributed by atoms with van der Waals surface area (Å²) in [7, 11) is 1.69. The molecular weight excluding hydrogens is 376 g/mol. The fraction of sp³-hybridized carbons (Fsp3) is 0.350. The van der Waals surface area contributed by atoms with Crippen LogP contribution in [0.3, 0.4) is 0 Å². The number of ether oxygens (including phenoxy) is 1. The van der Waals surface area contributed by atoms with Crippen LogP contribution >= 0.6 is 11.3 Å². The summed E-state index contributed by atoms with van der Waals surface area (Å²) >= 11 is 1.48. The highest BCUT2D eigenvalue weighted by molar-refractivity contribution is 7.22. The van der Waals surface area contributed by atoms with Crippen molar-refractivity contribution in [1.82, 2.24) is 9.88 Å². The number of nitro groups is 1. The summed E-state index contributed by atoms with van der Waals surface area (Å²) < 4.78 is 6.14. The number of hydrogen-bond acceptors (Lipinski definition) is 7. The maximum Gasteiger partial charge on any atom is 0.270 e. The smallest absolute Gasteiger partial charge is 0.270 e. The van der Waals surface area contributed by atoms with Gasteiger partial charge in [0.15, 0.2) is 5.13 Å². The number of methoxy groups -OCH3 is 1. The Morgan fingerprint density at radius 1 is 1.29 bits per heavy atom. The highest BCUT2D eigenvalue weighted by Crippen LogP contribution is 2.30. The standard InChI is InChI=1S/C20H22N4O3S/c1-27-17-4-2-3-14(11-17)13-23-9-7-15(8-10-23)21-20-22-18-6-5-16(24(25)26)12-19(18)28-20/h2-6,11-12,15H,7-10,13H2,1H3,(H,21,22). The number of likely N-dealkylation sites (tertiary alicyclic amines) is 1. The number of aromatic nitrogens is 1. The van der Waals surface area contributed by atoms with Gasteiger partial charge in [0, 0.05) is 37.8 Å². The topological polar surface area (TPSA) is 80.5 Å². The fourth-order valence-corrected chi connectivity index (χ4v) is 4.50. The van der Waals surface area contributed by atoms with Gasteiger partial charge in [0.2, 0.25) is 0 Å². The van der Waals surface area contributed by atoms with Crippen LogP contribution in [0.15, 0.2) is 42.5 Å². The molecule has 4 rings (SSSR count). The van der Waals surface area contributed by atoms with Crippen molar-refractivity contribution in [3.8, 4) is 5.75 Å². The zero-order valence-electron chi connectivity index (χ0n) is 15.6. The fourth-order valence-electron chi connectivity index (χ4n) is 3.53. The maximum absolute atomic E-state index is 10.9. The van der Waals surface area contributed by atoms with Crippen molar-refractivity contribution < 1.29 is 9.66 Å². The van der Waals surface area contributed by atoms with Crippen LogP contribution in [0.1, 0.15) is 18.4 Å². The number of rotatable bonds is 6. The summed E-state index contributed by atoms with van der Waals surface area (Å²) in [6.45, 7) is 2.96. The molecule has 0 aliphatic carbocycles. The third-order valence-electron chi connectivity index (χ3n) is 5.04.